The SMILES string of the molecule is C[C@@H](C(=O)N1CC[C@@H](CO)C1)c1ccccc1. The molecule has 1 aliphatic rings. The van der Waals surface area contributed by atoms with Gasteiger partial charge in [-0.1, -0.05) is 30.3 Å². The standard InChI is InChI=1S/C14H19NO2/c1-11(13-5-3-2-4-6-13)14(17)15-8-7-12(9-15)10-16/h2-6,11-12,16H,7-10H2,1H3/t11-,12-/m1/s1. The van der Waals surface area contributed by atoms with Crippen LogP contribution in [0.3, 0.4) is 0 Å². The first-order valence-corrected chi connectivity index (χ1v) is 6.17. The van der Waals surface area contributed by atoms with Gasteiger partial charge >= 0.3 is 0 Å². The molecule has 2 rings (SSSR count). The highest BCUT2D eigenvalue weighted by Gasteiger charge is 2.28. The van der Waals surface area contributed by atoms with Crippen molar-refractivity contribution in [3.05, 3.63) is 35.9 Å². The summed E-state index contributed by atoms with van der Waals surface area (Å²) >= 11 is 0. The van der Waals surface area contributed by atoms with E-state index in [0.717, 1.165) is 18.5 Å². The summed E-state index contributed by atoms with van der Waals surface area (Å²) < 4.78 is 0. The fraction of sp³-hybridized carbons (Fsp3) is 0.500. The number of carbonyl (C=O) groups is 1. The lowest BCUT2D eigenvalue weighted by Gasteiger charge is -2.21. The highest BCUT2D eigenvalue weighted by Crippen LogP contribution is 2.22. The zero-order valence-electron chi connectivity index (χ0n) is 10.2. The molecule has 1 heterocycles. The van der Waals surface area contributed by atoms with Crippen molar-refractivity contribution in [3.8, 4) is 0 Å². The van der Waals surface area contributed by atoms with Crippen molar-refractivity contribution in [2.45, 2.75) is 19.3 Å². The molecule has 1 fully saturated rings. The summed E-state index contributed by atoms with van der Waals surface area (Å²) in [6.45, 7) is 3.61. The van der Waals surface area contributed by atoms with Crippen LogP contribution in [0.1, 0.15) is 24.8 Å². The Labute approximate surface area is 102 Å². The minimum Gasteiger partial charge on any atom is -0.396 e. The monoisotopic (exact) mass is 233 g/mol. The molecule has 0 aromatic heterocycles. The maximum atomic E-state index is 12.3. The van der Waals surface area contributed by atoms with Crippen LogP contribution in [0.5, 0.6) is 0 Å². The molecule has 1 aliphatic heterocycles. The van der Waals surface area contributed by atoms with Gasteiger partial charge in [0.2, 0.25) is 5.91 Å². The van der Waals surface area contributed by atoms with Crippen LogP contribution in [0.4, 0.5) is 0 Å². The van der Waals surface area contributed by atoms with Crippen molar-refractivity contribution in [1.82, 2.24) is 4.90 Å². The topological polar surface area (TPSA) is 40.5 Å². The first kappa shape index (κ1) is 12.1. The predicted octanol–water partition coefficient (Wildman–Crippen LogP) is 1.63. The van der Waals surface area contributed by atoms with Crippen LogP contribution in [-0.4, -0.2) is 35.6 Å². The molecule has 1 aromatic carbocycles. The molecule has 0 aliphatic carbocycles. The quantitative estimate of drug-likeness (QED) is 0.862. The molecule has 0 radical (unpaired) electrons. The number of nitrogens with zero attached hydrogens (tertiary/aromatic N) is 1. The van der Waals surface area contributed by atoms with Crippen molar-refractivity contribution in [3.63, 3.8) is 0 Å². The Bertz CT molecular complexity index is 377. The van der Waals surface area contributed by atoms with Crippen LogP contribution in [-0.2, 0) is 4.79 Å². The Balaban J connectivity index is 2.01. The molecule has 3 nitrogen and oxygen atoms in total. The Kier molecular flexibility index (Phi) is 3.79. The fourth-order valence-electron chi connectivity index (χ4n) is 2.34. The van der Waals surface area contributed by atoms with Gasteiger partial charge in [0.1, 0.15) is 0 Å². The minimum absolute atomic E-state index is 0.0892. The van der Waals surface area contributed by atoms with Crippen molar-refractivity contribution < 1.29 is 9.90 Å². The van der Waals surface area contributed by atoms with Gasteiger partial charge in [0, 0.05) is 25.6 Å². The predicted molar refractivity (Wildman–Crippen MR) is 66.6 cm³/mol. The summed E-state index contributed by atoms with van der Waals surface area (Å²) in [4.78, 5) is 14.1. The second-order valence-electron chi connectivity index (χ2n) is 4.75. The average Bonchev–Trinajstić information content (AvgIpc) is 2.87. The summed E-state index contributed by atoms with van der Waals surface area (Å²) in [5.74, 6) is 0.350. The van der Waals surface area contributed by atoms with E-state index in [4.69, 9.17) is 5.11 Å². The van der Waals surface area contributed by atoms with Crippen molar-refractivity contribution >= 4 is 5.91 Å². The molecule has 1 saturated heterocycles. The number of benzene rings is 1. The van der Waals surface area contributed by atoms with E-state index in [-0.39, 0.29) is 24.3 Å². The third-order valence-electron chi connectivity index (χ3n) is 3.53. The summed E-state index contributed by atoms with van der Waals surface area (Å²) in [6.07, 6.45) is 0.920. The summed E-state index contributed by atoms with van der Waals surface area (Å²) in [5, 5.41) is 9.08. The van der Waals surface area contributed by atoms with Crippen LogP contribution >= 0.6 is 0 Å². The zero-order chi connectivity index (χ0) is 12.3. The lowest BCUT2D eigenvalue weighted by Crippen LogP contribution is -2.32. The highest BCUT2D eigenvalue weighted by atomic mass is 16.3. The average molecular weight is 233 g/mol. The number of carbonyl (C=O) groups excluding carboxylic acids is 1. The molecule has 0 unspecified atom stereocenters. The first-order valence-electron chi connectivity index (χ1n) is 6.17. The lowest BCUT2D eigenvalue weighted by molar-refractivity contribution is -0.131. The van der Waals surface area contributed by atoms with Gasteiger partial charge in [0.25, 0.3) is 0 Å². The summed E-state index contributed by atoms with van der Waals surface area (Å²) in [5.41, 5.74) is 1.06. The molecule has 0 bridgehead atoms. The lowest BCUT2D eigenvalue weighted by atomic mass is 10.00. The number of hydrogen-bond donors (Lipinski definition) is 1. The van der Waals surface area contributed by atoms with E-state index in [1.54, 1.807) is 0 Å². The van der Waals surface area contributed by atoms with E-state index in [9.17, 15) is 4.79 Å². The van der Waals surface area contributed by atoms with Gasteiger partial charge in [-0.2, -0.15) is 0 Å². The van der Waals surface area contributed by atoms with E-state index < -0.39 is 0 Å². The number of hydrogen-bond acceptors (Lipinski definition) is 2. The zero-order valence-corrected chi connectivity index (χ0v) is 10.2. The molecule has 17 heavy (non-hydrogen) atoms. The van der Waals surface area contributed by atoms with Gasteiger partial charge in [-0.05, 0) is 18.9 Å². The van der Waals surface area contributed by atoms with Gasteiger partial charge in [0.15, 0.2) is 0 Å². The molecule has 3 heteroatoms. The smallest absolute Gasteiger partial charge is 0.229 e. The van der Waals surface area contributed by atoms with E-state index in [1.165, 1.54) is 0 Å². The molecule has 1 aromatic rings. The van der Waals surface area contributed by atoms with E-state index in [2.05, 4.69) is 0 Å². The van der Waals surface area contributed by atoms with Crippen LogP contribution < -0.4 is 0 Å². The van der Waals surface area contributed by atoms with Gasteiger partial charge < -0.3 is 10.0 Å². The summed E-state index contributed by atoms with van der Waals surface area (Å²) in [6, 6.07) is 9.85. The first-order chi connectivity index (χ1) is 8.22. The number of amides is 1. The fourth-order valence-corrected chi connectivity index (χ4v) is 2.34. The Morgan fingerprint density at radius 3 is 2.76 bits per heavy atom. The maximum absolute atomic E-state index is 12.3. The Hall–Kier alpha value is -1.35. The molecule has 1 amide bonds. The number of aliphatic hydroxyl groups is 1. The molecule has 2 atom stereocenters. The maximum Gasteiger partial charge on any atom is 0.229 e. The second-order valence-corrected chi connectivity index (χ2v) is 4.75. The molecule has 1 N–H and O–H groups in total. The number of aliphatic hydroxyl groups excluding tert-OH is 1. The second kappa shape index (κ2) is 5.32. The minimum atomic E-state index is -0.0892. The Morgan fingerprint density at radius 1 is 1.47 bits per heavy atom. The Morgan fingerprint density at radius 2 is 2.18 bits per heavy atom. The third kappa shape index (κ3) is 2.67. The van der Waals surface area contributed by atoms with Gasteiger partial charge in [0.05, 0.1) is 5.92 Å². The number of likely N-dealkylation sites (tertiary alicyclic amines) is 1. The van der Waals surface area contributed by atoms with Crippen LogP contribution in [0.2, 0.25) is 0 Å². The van der Waals surface area contributed by atoms with E-state index in [0.29, 0.717) is 6.54 Å². The molecular formula is C14H19NO2. The van der Waals surface area contributed by atoms with Crippen molar-refractivity contribution in [2.75, 3.05) is 19.7 Å². The van der Waals surface area contributed by atoms with Gasteiger partial charge in [-0.15, -0.1) is 0 Å². The van der Waals surface area contributed by atoms with Crippen LogP contribution in [0.15, 0.2) is 30.3 Å². The largest absolute Gasteiger partial charge is 0.396 e. The van der Waals surface area contributed by atoms with E-state index >= 15 is 0 Å². The van der Waals surface area contributed by atoms with Crippen molar-refractivity contribution in [2.24, 2.45) is 5.92 Å². The van der Waals surface area contributed by atoms with Gasteiger partial charge in [-0.3, -0.25) is 4.79 Å². The molecule has 92 valence electrons. The van der Waals surface area contributed by atoms with E-state index in [1.807, 2.05) is 42.2 Å². The van der Waals surface area contributed by atoms with Crippen molar-refractivity contribution in [1.29, 1.82) is 0 Å². The number of rotatable bonds is 3. The van der Waals surface area contributed by atoms with Gasteiger partial charge in [-0.25, -0.2) is 0 Å². The third-order valence-corrected chi connectivity index (χ3v) is 3.53. The molecule has 0 saturated carbocycles. The van der Waals surface area contributed by atoms with Crippen LogP contribution in [0, 0.1) is 5.92 Å². The summed E-state index contributed by atoms with van der Waals surface area (Å²) in [7, 11) is 0. The van der Waals surface area contributed by atoms with Crippen LogP contribution in [0.25, 0.3) is 0 Å². The normalized spacial score (nSPS) is 21.5. The highest BCUT2D eigenvalue weighted by molar-refractivity contribution is 5.83. The molecule has 0 spiro atoms. The molecular weight excluding hydrogens is 214 g/mol.